The molecule has 18 nitrogen and oxygen atoms in total. The second-order valence-corrected chi connectivity index (χ2v) is 39.1. The molecule has 6 aromatic rings. The van der Waals surface area contributed by atoms with Crippen LogP contribution in [0.5, 0.6) is 11.8 Å². The van der Waals surface area contributed by atoms with Crippen LogP contribution in [-0.4, -0.2) is 125 Å². The molecule has 9 rings (SSSR count). The number of esters is 2. The number of halogens is 7. The van der Waals surface area contributed by atoms with Gasteiger partial charge in [-0.1, -0.05) is 58.2 Å². The fraction of sp³-hybridized carbons (Fsp3) is 0.562. The van der Waals surface area contributed by atoms with Crippen molar-refractivity contribution >= 4 is 56.6 Å². The Balaban J connectivity index is 0.000000205. The van der Waals surface area contributed by atoms with Gasteiger partial charge in [0.05, 0.1) is 24.4 Å². The first-order chi connectivity index (χ1) is 43.0. The molecule has 0 radical (unpaired) electrons. The lowest BCUT2D eigenvalue weighted by molar-refractivity contribution is -0.164. The Kier molecular flexibility index (Phi) is 24.0. The third kappa shape index (κ3) is 19.3. The minimum absolute atomic E-state index is 0.0145. The van der Waals surface area contributed by atoms with Crippen molar-refractivity contribution in [1.82, 2.24) is 39.0 Å². The number of imidazole rings is 2. The lowest BCUT2D eigenvalue weighted by Crippen LogP contribution is -2.44. The molecule has 0 atom stereocenters. The normalized spacial score (nSPS) is 16.5. The zero-order valence-corrected chi connectivity index (χ0v) is 58.7. The fourth-order valence-electron chi connectivity index (χ4n) is 9.75. The maximum atomic E-state index is 13.5. The van der Waals surface area contributed by atoms with Gasteiger partial charge in [-0.05, 0) is 138 Å². The molecule has 0 N–H and O–H groups in total. The summed E-state index contributed by atoms with van der Waals surface area (Å²) in [5, 5.41) is 0. The Hall–Kier alpha value is -6.04. The van der Waals surface area contributed by atoms with Crippen molar-refractivity contribution in [1.29, 1.82) is 0 Å². The molecule has 2 saturated carbocycles. The first-order valence-electron chi connectivity index (χ1n) is 30.9. The van der Waals surface area contributed by atoms with Crippen LogP contribution in [0.1, 0.15) is 103 Å². The molecule has 28 heteroatoms. The molecule has 0 amide bonds. The van der Waals surface area contributed by atoms with E-state index in [4.69, 9.17) is 37.7 Å². The number of aromatic nitrogens is 8. The Labute approximate surface area is 545 Å². The van der Waals surface area contributed by atoms with E-state index in [1.165, 1.54) is 15.3 Å². The number of pyridine rings is 4. The summed E-state index contributed by atoms with van der Waals surface area (Å²) in [5.74, 6) is 0.740. The number of hydrogen-bond acceptors (Lipinski definition) is 16. The van der Waals surface area contributed by atoms with Gasteiger partial charge >= 0.3 is 31.4 Å². The number of carbonyl (C=O) groups excluding carboxylic acids is 2. The number of rotatable bonds is 24. The van der Waals surface area contributed by atoms with Crippen LogP contribution in [0.2, 0.25) is 51.4 Å². The van der Waals surface area contributed by atoms with E-state index in [2.05, 4.69) is 85.1 Å². The topological polar surface area (TPSA) is 195 Å². The van der Waals surface area contributed by atoms with Crippen molar-refractivity contribution in [2.24, 2.45) is 10.8 Å². The summed E-state index contributed by atoms with van der Waals surface area (Å²) in [6.07, 6.45) is 4.39. The molecule has 1 aliphatic heterocycles. The van der Waals surface area contributed by atoms with Gasteiger partial charge in [0.2, 0.25) is 11.8 Å². The molecule has 1 saturated heterocycles. The standard InChI is InChI=1S/C29H37F3N4O4Si.C20H30BNO5.C15H19BrF3N3OSi/c1-6-39-27(37)28(10-7-11-28)18-40-25-14-20(2)22(16-34-25)21-8-9-23(33-15-21)26-35-24(29(30,31)32)17-36(26)19-38-12-13-41(3,4)5;1-7-24-17(23)20(9-8-10-20)13-25-16-11-14(2)15(12-22-16)21-26-18(3,4)19(5,6)27-21;1-24(2,3)7-6-23-10-22-9-13(15(17,18)19)21-14(22)12-5-4-11(16)8-20-12/h8-9,14-17H,6-7,10-13,18-19H2,1-5H3;11-12H,7-10,13H2,1-6H3;4-5,8-9H,6-7,10H2,1-3H3. The molecule has 3 fully saturated rings. The van der Waals surface area contributed by atoms with Gasteiger partial charge in [-0.15, -0.1) is 0 Å². The summed E-state index contributed by atoms with van der Waals surface area (Å²) < 4.78 is 128. The van der Waals surface area contributed by atoms with Crippen molar-refractivity contribution in [3.8, 4) is 45.9 Å². The molecule has 0 aromatic carbocycles. The van der Waals surface area contributed by atoms with Crippen LogP contribution in [0, 0.1) is 24.7 Å². The zero-order chi connectivity index (χ0) is 67.7. The monoisotopic (exact) mass is 1390 g/mol. The highest BCUT2D eigenvalue weighted by Crippen LogP contribution is 2.44. The first kappa shape index (κ1) is 73.4. The Bertz CT molecular complexity index is 3430. The van der Waals surface area contributed by atoms with E-state index < -0.39 is 69.0 Å². The molecular formula is C64H86BBrF6N8O10Si2. The van der Waals surface area contributed by atoms with Crippen molar-refractivity contribution in [2.45, 2.75) is 182 Å². The lowest BCUT2D eigenvalue weighted by Gasteiger charge is -2.38. The molecule has 7 heterocycles. The van der Waals surface area contributed by atoms with Gasteiger partial charge < -0.3 is 46.9 Å². The van der Waals surface area contributed by atoms with Gasteiger partial charge in [-0.2, -0.15) is 26.3 Å². The van der Waals surface area contributed by atoms with Gasteiger partial charge in [-0.3, -0.25) is 19.6 Å². The van der Waals surface area contributed by atoms with Crippen LogP contribution in [0.15, 0.2) is 78.1 Å². The molecule has 0 bridgehead atoms. The lowest BCUT2D eigenvalue weighted by atomic mass is 9.69. The van der Waals surface area contributed by atoms with E-state index in [-0.39, 0.29) is 43.7 Å². The predicted octanol–water partition coefficient (Wildman–Crippen LogP) is 14.6. The number of nitrogens with zero attached hydrogens (tertiary/aromatic N) is 8. The minimum Gasteiger partial charge on any atom is -0.476 e. The molecule has 6 aromatic heterocycles. The highest BCUT2D eigenvalue weighted by atomic mass is 79.9. The van der Waals surface area contributed by atoms with Gasteiger partial charge in [0.25, 0.3) is 0 Å². The number of hydrogen-bond donors (Lipinski definition) is 0. The highest BCUT2D eigenvalue weighted by molar-refractivity contribution is 9.10. The van der Waals surface area contributed by atoms with E-state index in [1.807, 2.05) is 54.5 Å². The van der Waals surface area contributed by atoms with Crippen LogP contribution in [0.4, 0.5) is 26.3 Å². The average Bonchev–Trinajstić information content (AvgIpc) is 1.47. The van der Waals surface area contributed by atoms with Crippen LogP contribution >= 0.6 is 15.9 Å². The third-order valence-corrected chi connectivity index (χ3v) is 20.5. The van der Waals surface area contributed by atoms with Crippen molar-refractivity contribution < 1.29 is 73.7 Å². The molecular weight excluding hydrogens is 1300 g/mol. The maximum absolute atomic E-state index is 13.5. The number of alkyl halides is 6. The van der Waals surface area contributed by atoms with Crippen LogP contribution in [0.3, 0.4) is 0 Å². The number of carbonyl (C=O) groups is 2. The first-order valence-corrected chi connectivity index (χ1v) is 39.1. The number of ether oxygens (including phenoxy) is 6. The SMILES string of the molecule is CCOC(=O)C1(COc2cc(C)c(-c3ccc(-c4nc(C(F)(F)F)cn4COCC[Si](C)(C)C)nc3)cn2)CCC1.CCOC(=O)C1(COc2cc(C)c(B3OC(C)(C)C(C)(C)O3)cn2)CCC1.C[Si](C)(C)CCOCn1cc(C(F)(F)F)nc1-c1ccc(Br)cn1. The molecule has 0 unspecified atom stereocenters. The largest absolute Gasteiger partial charge is 0.496 e. The second kappa shape index (κ2) is 30.1. The van der Waals surface area contributed by atoms with E-state index in [1.54, 1.807) is 55.8 Å². The van der Waals surface area contributed by atoms with Gasteiger partial charge in [0, 0.05) is 99.7 Å². The van der Waals surface area contributed by atoms with Crippen molar-refractivity contribution in [2.75, 3.05) is 39.6 Å². The Morgan fingerprint density at radius 2 is 1.05 bits per heavy atom. The van der Waals surface area contributed by atoms with Crippen LogP contribution in [-0.2, 0) is 63.7 Å². The molecule has 502 valence electrons. The summed E-state index contributed by atoms with van der Waals surface area (Å²) in [4.78, 5) is 49.5. The van der Waals surface area contributed by atoms with E-state index in [0.29, 0.717) is 56.2 Å². The molecule has 3 aliphatic rings. The van der Waals surface area contributed by atoms with E-state index >= 15 is 0 Å². The van der Waals surface area contributed by atoms with Gasteiger partial charge in [0.1, 0.15) is 48.9 Å². The van der Waals surface area contributed by atoms with Crippen LogP contribution in [0.25, 0.3) is 34.2 Å². The smallest absolute Gasteiger partial charge is 0.476 e. The van der Waals surface area contributed by atoms with E-state index in [0.717, 1.165) is 95.2 Å². The third-order valence-electron chi connectivity index (χ3n) is 16.6. The Morgan fingerprint density at radius 1 is 0.620 bits per heavy atom. The second-order valence-electron chi connectivity index (χ2n) is 26.9. The average molecular weight is 1390 g/mol. The molecule has 92 heavy (non-hydrogen) atoms. The van der Waals surface area contributed by atoms with Gasteiger partial charge in [-0.25, -0.2) is 19.9 Å². The fourth-order valence-corrected chi connectivity index (χ4v) is 11.5. The summed E-state index contributed by atoms with van der Waals surface area (Å²) in [5.41, 5.74) is 1.10. The van der Waals surface area contributed by atoms with Crippen LogP contribution < -0.4 is 14.9 Å². The summed E-state index contributed by atoms with van der Waals surface area (Å²) >= 11 is 3.25. The summed E-state index contributed by atoms with van der Waals surface area (Å²) in [6, 6.07) is 12.2. The van der Waals surface area contributed by atoms with E-state index in [9.17, 15) is 35.9 Å². The predicted molar refractivity (Wildman–Crippen MR) is 346 cm³/mol. The highest BCUT2D eigenvalue weighted by Gasteiger charge is 2.53. The number of aryl methyl sites for hydroxylation is 2. The maximum Gasteiger partial charge on any atom is 0.496 e. The molecule has 2 aliphatic carbocycles. The zero-order valence-electron chi connectivity index (χ0n) is 55.1. The Morgan fingerprint density at radius 3 is 1.41 bits per heavy atom. The summed E-state index contributed by atoms with van der Waals surface area (Å²) in [7, 11) is -3.04. The van der Waals surface area contributed by atoms with Crippen molar-refractivity contribution in [3.05, 3.63) is 101 Å². The summed E-state index contributed by atoms with van der Waals surface area (Å²) in [6.45, 7) is 31.1. The van der Waals surface area contributed by atoms with Gasteiger partial charge in [0.15, 0.2) is 23.0 Å². The van der Waals surface area contributed by atoms with Crippen molar-refractivity contribution in [3.63, 3.8) is 0 Å². The molecule has 0 spiro atoms. The quantitative estimate of drug-likeness (QED) is 0.0240. The minimum atomic E-state index is -4.58.